The Morgan fingerprint density at radius 3 is 2.77 bits per heavy atom. The Labute approximate surface area is 130 Å². The highest BCUT2D eigenvalue weighted by atomic mass is 32.1. The highest BCUT2D eigenvalue weighted by Crippen LogP contribution is 2.28. The summed E-state index contributed by atoms with van der Waals surface area (Å²) in [5.41, 5.74) is 5.30. The van der Waals surface area contributed by atoms with E-state index in [4.69, 9.17) is 4.74 Å². The molecule has 0 bridgehead atoms. The van der Waals surface area contributed by atoms with Gasteiger partial charge in [-0.05, 0) is 41.8 Å². The summed E-state index contributed by atoms with van der Waals surface area (Å²) in [4.78, 5) is 12.7. The molecule has 0 saturated heterocycles. The van der Waals surface area contributed by atoms with Crippen LogP contribution in [0.1, 0.15) is 9.67 Å². The molecule has 0 radical (unpaired) electrons. The number of thiophene rings is 1. The minimum absolute atomic E-state index is 0.221. The number of ether oxygens (including phenoxy) is 1. The van der Waals surface area contributed by atoms with Crippen molar-refractivity contribution in [2.24, 2.45) is 0 Å². The maximum atomic E-state index is 13.5. The number of anilines is 1. The molecule has 6 heteroatoms. The maximum absolute atomic E-state index is 13.5. The molecule has 3 aromatic rings. The van der Waals surface area contributed by atoms with Crippen molar-refractivity contribution < 1.29 is 13.9 Å². The number of hydrazine groups is 1. The molecule has 3 rings (SSSR count). The lowest BCUT2D eigenvalue weighted by Crippen LogP contribution is -2.29. The quantitative estimate of drug-likeness (QED) is 0.720. The van der Waals surface area contributed by atoms with Gasteiger partial charge in [-0.25, -0.2) is 4.39 Å². The van der Waals surface area contributed by atoms with Gasteiger partial charge >= 0.3 is 0 Å². The number of rotatable bonds is 4. The van der Waals surface area contributed by atoms with Crippen molar-refractivity contribution >= 4 is 33.0 Å². The van der Waals surface area contributed by atoms with Crippen LogP contribution in [0.5, 0.6) is 5.75 Å². The molecule has 22 heavy (non-hydrogen) atoms. The lowest BCUT2D eigenvalue weighted by molar-refractivity contribution is 0.0966. The van der Waals surface area contributed by atoms with Gasteiger partial charge in [-0.3, -0.25) is 15.6 Å². The van der Waals surface area contributed by atoms with E-state index >= 15 is 0 Å². The van der Waals surface area contributed by atoms with Gasteiger partial charge in [-0.15, -0.1) is 11.3 Å². The predicted octanol–water partition coefficient (Wildman–Crippen LogP) is 3.81. The molecular formula is C16H13FN2O2S. The van der Waals surface area contributed by atoms with E-state index in [9.17, 15) is 9.18 Å². The number of nitrogens with one attached hydrogen (secondary N) is 2. The summed E-state index contributed by atoms with van der Waals surface area (Å²) in [5.74, 6) is -0.00552. The molecule has 1 aromatic heterocycles. The molecule has 0 spiro atoms. The number of hydrogen-bond acceptors (Lipinski definition) is 4. The summed E-state index contributed by atoms with van der Waals surface area (Å²) in [6.07, 6.45) is 0. The summed E-state index contributed by atoms with van der Waals surface area (Å²) in [7, 11) is 1.60. The first-order chi connectivity index (χ1) is 10.7. The topological polar surface area (TPSA) is 50.4 Å². The zero-order valence-electron chi connectivity index (χ0n) is 11.7. The molecule has 2 aromatic carbocycles. The molecule has 1 amide bonds. The molecule has 2 N–H and O–H groups in total. The van der Waals surface area contributed by atoms with Crippen LogP contribution in [0, 0.1) is 5.82 Å². The van der Waals surface area contributed by atoms with E-state index in [1.807, 2.05) is 18.2 Å². The predicted molar refractivity (Wildman–Crippen MR) is 85.9 cm³/mol. The molecule has 4 nitrogen and oxygen atoms in total. The van der Waals surface area contributed by atoms with Crippen LogP contribution in [-0.2, 0) is 0 Å². The average Bonchev–Trinajstić information content (AvgIpc) is 2.96. The summed E-state index contributed by atoms with van der Waals surface area (Å²) in [6, 6.07) is 13.5. The van der Waals surface area contributed by atoms with E-state index in [1.54, 1.807) is 31.4 Å². The van der Waals surface area contributed by atoms with Gasteiger partial charge in [0.1, 0.15) is 11.6 Å². The van der Waals surface area contributed by atoms with Crippen LogP contribution < -0.4 is 15.6 Å². The lowest BCUT2D eigenvalue weighted by Gasteiger charge is -2.07. The number of methoxy groups -OCH3 is 1. The second kappa shape index (κ2) is 6.03. The Balaban J connectivity index is 1.76. The highest BCUT2D eigenvalue weighted by Gasteiger charge is 2.11. The number of fused-ring (bicyclic) bond motifs is 1. The minimum atomic E-state index is -0.427. The second-order valence-electron chi connectivity index (χ2n) is 4.57. The molecule has 0 fully saturated rings. The van der Waals surface area contributed by atoms with Gasteiger partial charge < -0.3 is 4.74 Å². The highest BCUT2D eigenvalue weighted by molar-refractivity contribution is 7.20. The summed E-state index contributed by atoms with van der Waals surface area (Å²) < 4.78 is 19.6. The molecule has 0 aliphatic heterocycles. The third-order valence-corrected chi connectivity index (χ3v) is 4.25. The first-order valence-corrected chi connectivity index (χ1v) is 7.37. The Hall–Kier alpha value is -2.60. The minimum Gasteiger partial charge on any atom is -0.497 e. The summed E-state index contributed by atoms with van der Waals surface area (Å²) in [6.45, 7) is 0. The van der Waals surface area contributed by atoms with E-state index in [2.05, 4.69) is 10.9 Å². The van der Waals surface area contributed by atoms with Crippen LogP contribution in [0.2, 0.25) is 0 Å². The van der Waals surface area contributed by atoms with Crippen LogP contribution in [-0.4, -0.2) is 13.0 Å². The van der Waals surface area contributed by atoms with Gasteiger partial charge in [-0.1, -0.05) is 12.1 Å². The van der Waals surface area contributed by atoms with E-state index in [1.165, 1.54) is 17.4 Å². The first-order valence-electron chi connectivity index (χ1n) is 6.56. The molecule has 0 unspecified atom stereocenters. The van der Waals surface area contributed by atoms with Crippen LogP contribution in [0.3, 0.4) is 0 Å². The first kappa shape index (κ1) is 14.3. The second-order valence-corrected chi connectivity index (χ2v) is 5.66. The Morgan fingerprint density at radius 1 is 1.18 bits per heavy atom. The van der Waals surface area contributed by atoms with Crippen molar-refractivity contribution in [3.05, 3.63) is 59.2 Å². The fourth-order valence-corrected chi connectivity index (χ4v) is 2.95. The van der Waals surface area contributed by atoms with Crippen molar-refractivity contribution in [1.29, 1.82) is 0 Å². The van der Waals surface area contributed by atoms with Crippen LogP contribution in [0.25, 0.3) is 10.1 Å². The van der Waals surface area contributed by atoms with Gasteiger partial charge in [0.2, 0.25) is 0 Å². The van der Waals surface area contributed by atoms with Crippen LogP contribution in [0.4, 0.5) is 10.1 Å². The number of hydrogen-bond donors (Lipinski definition) is 2. The molecule has 0 aliphatic carbocycles. The molecule has 1 heterocycles. The molecular weight excluding hydrogens is 303 g/mol. The van der Waals surface area contributed by atoms with Crippen molar-refractivity contribution in [3.8, 4) is 5.75 Å². The maximum Gasteiger partial charge on any atom is 0.279 e. The summed E-state index contributed by atoms with van der Waals surface area (Å²) >= 11 is 1.36. The lowest BCUT2D eigenvalue weighted by atomic mass is 10.2. The Kier molecular flexibility index (Phi) is 3.93. The van der Waals surface area contributed by atoms with E-state index in [0.29, 0.717) is 4.88 Å². The fourth-order valence-electron chi connectivity index (χ4n) is 2.01. The Morgan fingerprint density at radius 2 is 2.00 bits per heavy atom. The van der Waals surface area contributed by atoms with Crippen molar-refractivity contribution in [3.63, 3.8) is 0 Å². The molecule has 0 aliphatic rings. The molecule has 0 saturated carbocycles. The summed E-state index contributed by atoms with van der Waals surface area (Å²) in [5, 5.41) is 0.931. The van der Waals surface area contributed by atoms with Crippen molar-refractivity contribution in [2.45, 2.75) is 0 Å². The van der Waals surface area contributed by atoms with E-state index in [0.717, 1.165) is 15.8 Å². The van der Waals surface area contributed by atoms with Gasteiger partial charge in [0.05, 0.1) is 17.7 Å². The van der Waals surface area contributed by atoms with Crippen molar-refractivity contribution in [1.82, 2.24) is 5.43 Å². The monoisotopic (exact) mass is 316 g/mol. The number of amides is 1. The fraction of sp³-hybridized carbons (Fsp3) is 0.0625. The number of para-hydroxylation sites is 1. The van der Waals surface area contributed by atoms with Gasteiger partial charge in [0, 0.05) is 4.70 Å². The average molecular weight is 316 g/mol. The van der Waals surface area contributed by atoms with E-state index < -0.39 is 5.82 Å². The number of carbonyl (C=O) groups is 1. The largest absolute Gasteiger partial charge is 0.497 e. The number of benzene rings is 2. The van der Waals surface area contributed by atoms with Crippen LogP contribution in [0.15, 0.2) is 48.5 Å². The standard InChI is InChI=1S/C16H13FN2O2S/c1-21-11-6-7-14-10(8-11)9-15(22-14)16(20)19-18-13-5-3-2-4-12(13)17/h2-9,18H,1H3,(H,19,20). The van der Waals surface area contributed by atoms with Crippen LogP contribution >= 0.6 is 11.3 Å². The van der Waals surface area contributed by atoms with E-state index in [-0.39, 0.29) is 11.6 Å². The smallest absolute Gasteiger partial charge is 0.279 e. The Bertz CT molecular complexity index is 832. The molecule has 0 atom stereocenters. The van der Waals surface area contributed by atoms with Crippen molar-refractivity contribution in [2.75, 3.05) is 12.5 Å². The third-order valence-electron chi connectivity index (χ3n) is 3.13. The van der Waals surface area contributed by atoms with Gasteiger partial charge in [0.15, 0.2) is 0 Å². The number of carbonyl (C=O) groups excluding carboxylic acids is 1. The molecule has 112 valence electrons. The SMILES string of the molecule is COc1ccc2sc(C(=O)NNc3ccccc3F)cc2c1. The zero-order chi connectivity index (χ0) is 15.5. The van der Waals surface area contributed by atoms with Gasteiger partial charge in [0.25, 0.3) is 5.91 Å². The third kappa shape index (κ3) is 2.87. The van der Waals surface area contributed by atoms with Gasteiger partial charge in [-0.2, -0.15) is 0 Å². The zero-order valence-corrected chi connectivity index (χ0v) is 12.5. The normalized spacial score (nSPS) is 10.5. The number of halogens is 1.